The number of benzene rings is 2. The number of aryl methyl sites for hydroxylation is 1. The molecule has 0 radical (unpaired) electrons. The third kappa shape index (κ3) is 2.83. The number of carbonyl (C=O) groups excluding carboxylic acids is 1. The summed E-state index contributed by atoms with van der Waals surface area (Å²) in [6.07, 6.45) is 4.03. The number of ether oxygens (including phenoxy) is 1. The van der Waals surface area contributed by atoms with E-state index in [9.17, 15) is 4.79 Å². The number of rotatable bonds is 2. The lowest BCUT2D eigenvalue weighted by atomic mass is 9.87. The van der Waals surface area contributed by atoms with Crippen molar-refractivity contribution in [2.45, 2.75) is 31.7 Å². The molecule has 0 fully saturated rings. The van der Waals surface area contributed by atoms with Gasteiger partial charge in [0, 0.05) is 0 Å². The van der Waals surface area contributed by atoms with E-state index >= 15 is 0 Å². The van der Waals surface area contributed by atoms with Gasteiger partial charge in [0.05, 0.1) is 12.0 Å². The number of amides is 1. The second-order valence-corrected chi connectivity index (χ2v) is 6.47. The van der Waals surface area contributed by atoms with Crippen LogP contribution in [0.3, 0.4) is 0 Å². The zero-order valence-electron chi connectivity index (χ0n) is 13.1. The van der Waals surface area contributed by atoms with Crippen LogP contribution in [0, 0.1) is 5.92 Å². The van der Waals surface area contributed by atoms with Crippen LogP contribution < -0.4 is 10.1 Å². The van der Waals surface area contributed by atoms with E-state index in [-0.39, 0.29) is 17.9 Å². The maximum absolute atomic E-state index is 12.7. The minimum atomic E-state index is -0.0982. The molecule has 0 spiro atoms. The van der Waals surface area contributed by atoms with Gasteiger partial charge in [-0.05, 0) is 48.4 Å². The lowest BCUT2D eigenvalue weighted by molar-refractivity contribution is -0.127. The number of para-hydroxylation sites is 1. The molecule has 4 rings (SSSR count). The van der Waals surface area contributed by atoms with Crippen molar-refractivity contribution < 1.29 is 9.53 Å². The van der Waals surface area contributed by atoms with Crippen LogP contribution in [0.4, 0.5) is 0 Å². The first kappa shape index (κ1) is 14.3. The van der Waals surface area contributed by atoms with Crippen molar-refractivity contribution in [1.82, 2.24) is 5.32 Å². The number of hydrogen-bond acceptors (Lipinski definition) is 2. The van der Waals surface area contributed by atoms with Gasteiger partial charge in [-0.25, -0.2) is 0 Å². The fourth-order valence-corrected chi connectivity index (χ4v) is 3.69. The van der Waals surface area contributed by atoms with Gasteiger partial charge in [-0.1, -0.05) is 42.5 Å². The molecule has 2 atom stereocenters. The Bertz CT molecular complexity index is 725. The van der Waals surface area contributed by atoms with E-state index in [0.29, 0.717) is 6.61 Å². The maximum Gasteiger partial charge on any atom is 0.227 e. The monoisotopic (exact) mass is 307 g/mol. The summed E-state index contributed by atoms with van der Waals surface area (Å²) in [4.78, 5) is 12.7. The summed E-state index contributed by atoms with van der Waals surface area (Å²) in [5.41, 5.74) is 3.78. The number of nitrogens with one attached hydrogen (secondary N) is 1. The fraction of sp³-hybridized carbons (Fsp3) is 0.350. The summed E-state index contributed by atoms with van der Waals surface area (Å²) >= 11 is 0. The highest BCUT2D eigenvalue weighted by Gasteiger charge is 2.29. The molecule has 0 bridgehead atoms. The van der Waals surface area contributed by atoms with Crippen molar-refractivity contribution in [1.29, 1.82) is 0 Å². The molecule has 23 heavy (non-hydrogen) atoms. The minimum absolute atomic E-state index is 0.0982. The number of fused-ring (bicyclic) bond motifs is 2. The Kier molecular flexibility index (Phi) is 3.78. The van der Waals surface area contributed by atoms with Crippen LogP contribution in [0.5, 0.6) is 5.75 Å². The molecule has 3 heteroatoms. The van der Waals surface area contributed by atoms with Crippen molar-refractivity contribution in [2.75, 3.05) is 6.61 Å². The molecule has 1 N–H and O–H groups in total. The van der Waals surface area contributed by atoms with Crippen LogP contribution >= 0.6 is 0 Å². The van der Waals surface area contributed by atoms with E-state index in [1.54, 1.807) is 0 Å². The molecule has 2 aromatic carbocycles. The van der Waals surface area contributed by atoms with Gasteiger partial charge in [0.1, 0.15) is 12.4 Å². The van der Waals surface area contributed by atoms with Crippen molar-refractivity contribution in [2.24, 2.45) is 5.92 Å². The molecule has 0 saturated carbocycles. The van der Waals surface area contributed by atoms with Gasteiger partial charge < -0.3 is 10.1 Å². The fourth-order valence-electron chi connectivity index (χ4n) is 3.69. The normalized spacial score (nSPS) is 22.4. The average Bonchev–Trinajstić information content (AvgIpc) is 2.61. The van der Waals surface area contributed by atoms with Gasteiger partial charge in [0.2, 0.25) is 5.91 Å². The molecule has 1 amide bonds. The molecule has 1 aliphatic heterocycles. The molecular formula is C20H21NO2. The molecular weight excluding hydrogens is 286 g/mol. The van der Waals surface area contributed by atoms with Crippen molar-refractivity contribution >= 4 is 5.91 Å². The summed E-state index contributed by atoms with van der Waals surface area (Å²) in [5, 5.41) is 3.26. The van der Waals surface area contributed by atoms with Crippen molar-refractivity contribution in [3.8, 4) is 5.75 Å². The van der Waals surface area contributed by atoms with Gasteiger partial charge in [-0.2, -0.15) is 0 Å². The van der Waals surface area contributed by atoms with E-state index in [0.717, 1.165) is 37.0 Å². The Balaban J connectivity index is 1.47. The predicted molar refractivity (Wildman–Crippen MR) is 89.4 cm³/mol. The summed E-state index contributed by atoms with van der Waals surface area (Å²) < 4.78 is 5.76. The Morgan fingerprint density at radius 3 is 2.74 bits per heavy atom. The standard InChI is InChI=1S/C20H21NO2/c22-20(16-12-15-7-2-4-11-19(15)23-13-16)21-18-10-5-8-14-6-1-3-9-17(14)18/h1-4,6-7,9,11,16,18H,5,8,10,12-13H2,(H,21,22)/t16-,18+/m1/s1. The van der Waals surface area contributed by atoms with E-state index < -0.39 is 0 Å². The van der Waals surface area contributed by atoms with Gasteiger partial charge in [-0.15, -0.1) is 0 Å². The van der Waals surface area contributed by atoms with Crippen LogP contribution in [-0.2, 0) is 17.6 Å². The molecule has 1 aliphatic carbocycles. The first-order chi connectivity index (χ1) is 11.3. The number of hydrogen-bond donors (Lipinski definition) is 1. The topological polar surface area (TPSA) is 38.3 Å². The lowest BCUT2D eigenvalue weighted by Crippen LogP contribution is -2.40. The third-order valence-corrected chi connectivity index (χ3v) is 4.94. The second-order valence-electron chi connectivity index (χ2n) is 6.47. The molecule has 0 unspecified atom stereocenters. The second kappa shape index (κ2) is 6.07. The molecule has 2 aliphatic rings. The summed E-state index contributed by atoms with van der Waals surface area (Å²) in [7, 11) is 0. The van der Waals surface area contributed by atoms with E-state index in [4.69, 9.17) is 4.74 Å². The molecule has 2 aromatic rings. The zero-order valence-corrected chi connectivity index (χ0v) is 13.1. The van der Waals surface area contributed by atoms with Gasteiger partial charge in [0.15, 0.2) is 0 Å². The smallest absolute Gasteiger partial charge is 0.227 e. The Morgan fingerprint density at radius 1 is 1.04 bits per heavy atom. The molecule has 0 saturated heterocycles. The quantitative estimate of drug-likeness (QED) is 0.923. The van der Waals surface area contributed by atoms with Crippen molar-refractivity contribution in [3.63, 3.8) is 0 Å². The van der Waals surface area contributed by atoms with Gasteiger partial charge >= 0.3 is 0 Å². The van der Waals surface area contributed by atoms with Crippen LogP contribution in [0.2, 0.25) is 0 Å². The molecule has 0 aromatic heterocycles. The average molecular weight is 307 g/mol. The summed E-state index contributed by atoms with van der Waals surface area (Å²) in [5.74, 6) is 0.930. The van der Waals surface area contributed by atoms with Crippen LogP contribution in [0.15, 0.2) is 48.5 Å². The Hall–Kier alpha value is -2.29. The number of carbonyl (C=O) groups is 1. The van der Waals surface area contributed by atoms with Crippen LogP contribution in [0.25, 0.3) is 0 Å². The van der Waals surface area contributed by atoms with Crippen LogP contribution in [-0.4, -0.2) is 12.5 Å². The minimum Gasteiger partial charge on any atom is -0.492 e. The Labute approximate surface area is 136 Å². The van der Waals surface area contributed by atoms with Crippen LogP contribution in [0.1, 0.15) is 35.6 Å². The van der Waals surface area contributed by atoms with Gasteiger partial charge in [0.25, 0.3) is 0 Å². The van der Waals surface area contributed by atoms with E-state index in [1.807, 2.05) is 24.3 Å². The van der Waals surface area contributed by atoms with E-state index in [1.165, 1.54) is 11.1 Å². The Morgan fingerprint density at radius 2 is 1.83 bits per heavy atom. The highest BCUT2D eigenvalue weighted by atomic mass is 16.5. The van der Waals surface area contributed by atoms with E-state index in [2.05, 4.69) is 29.6 Å². The van der Waals surface area contributed by atoms with Crippen molar-refractivity contribution in [3.05, 3.63) is 65.2 Å². The molecule has 1 heterocycles. The molecule has 3 nitrogen and oxygen atoms in total. The third-order valence-electron chi connectivity index (χ3n) is 4.94. The SMILES string of the molecule is O=C(N[C@H]1CCCc2ccccc21)[C@H]1COc2ccccc2C1. The lowest BCUT2D eigenvalue weighted by Gasteiger charge is -2.30. The first-order valence-electron chi connectivity index (χ1n) is 8.40. The highest BCUT2D eigenvalue weighted by molar-refractivity contribution is 5.80. The zero-order chi connectivity index (χ0) is 15.6. The first-order valence-corrected chi connectivity index (χ1v) is 8.40. The van der Waals surface area contributed by atoms with Gasteiger partial charge in [-0.3, -0.25) is 4.79 Å². The molecule has 118 valence electrons. The highest BCUT2D eigenvalue weighted by Crippen LogP contribution is 2.31. The largest absolute Gasteiger partial charge is 0.492 e. The summed E-state index contributed by atoms with van der Waals surface area (Å²) in [6.45, 7) is 0.469. The summed E-state index contributed by atoms with van der Waals surface area (Å²) in [6, 6.07) is 16.6. The maximum atomic E-state index is 12.7. The predicted octanol–water partition coefficient (Wildman–Crippen LogP) is 3.43.